The summed E-state index contributed by atoms with van der Waals surface area (Å²) in [7, 11) is 0. The molecule has 30 heavy (non-hydrogen) atoms. The van der Waals surface area contributed by atoms with E-state index in [1.165, 1.54) is 10.9 Å². The van der Waals surface area contributed by atoms with Gasteiger partial charge in [-0.15, -0.1) is 0 Å². The number of hydrogen-bond donors (Lipinski definition) is 0. The molecule has 2 aliphatic rings. The van der Waals surface area contributed by atoms with Crippen molar-refractivity contribution in [1.29, 1.82) is 0 Å². The van der Waals surface area contributed by atoms with Crippen molar-refractivity contribution in [2.24, 2.45) is 11.8 Å². The molecule has 0 N–H and O–H groups in total. The number of piperidine rings is 1. The lowest BCUT2D eigenvalue weighted by Crippen LogP contribution is -2.24. The Balaban J connectivity index is 1.16. The van der Waals surface area contributed by atoms with Crippen LogP contribution < -0.4 is 10.5 Å². The van der Waals surface area contributed by atoms with Gasteiger partial charge in [0.2, 0.25) is 5.89 Å². The van der Waals surface area contributed by atoms with E-state index >= 15 is 0 Å². The van der Waals surface area contributed by atoms with Crippen molar-refractivity contribution in [3.63, 3.8) is 0 Å². The fourth-order valence-electron chi connectivity index (χ4n) is 4.39. The fraction of sp³-hybridized carbons (Fsp3) is 0.300. The smallest absolute Gasteiger partial charge is 0.263 e. The highest BCUT2D eigenvalue weighted by atomic mass is 35.5. The third kappa shape index (κ3) is 2.85. The second-order valence-electron chi connectivity index (χ2n) is 7.69. The Labute approximate surface area is 175 Å². The monoisotopic (exact) mass is 421 g/mol. The molecule has 0 amide bonds. The van der Waals surface area contributed by atoms with E-state index in [4.69, 9.17) is 16.1 Å². The van der Waals surface area contributed by atoms with Gasteiger partial charge < -0.3 is 9.42 Å². The summed E-state index contributed by atoms with van der Waals surface area (Å²) >= 11 is 6.08. The molecule has 150 valence electrons. The normalized spacial score (nSPS) is 22.4. The maximum absolute atomic E-state index is 12.6. The van der Waals surface area contributed by atoms with Gasteiger partial charge in [0.25, 0.3) is 5.56 Å². The molecular weight excluding hydrogens is 406 g/mol. The number of nitrogens with zero attached hydrogens (tertiary/aromatic N) is 7. The van der Waals surface area contributed by atoms with E-state index in [-0.39, 0.29) is 18.0 Å². The van der Waals surface area contributed by atoms with Gasteiger partial charge >= 0.3 is 0 Å². The summed E-state index contributed by atoms with van der Waals surface area (Å²) < 4.78 is 6.88. The molecule has 3 atom stereocenters. The van der Waals surface area contributed by atoms with Gasteiger partial charge in [0.15, 0.2) is 11.5 Å². The van der Waals surface area contributed by atoms with Gasteiger partial charge in [-0.1, -0.05) is 16.8 Å². The van der Waals surface area contributed by atoms with E-state index in [9.17, 15) is 4.79 Å². The van der Waals surface area contributed by atoms with Crippen LogP contribution in [-0.4, -0.2) is 42.7 Å². The van der Waals surface area contributed by atoms with Gasteiger partial charge in [0.05, 0.1) is 5.39 Å². The third-order valence-corrected chi connectivity index (χ3v) is 6.15. The molecule has 6 rings (SSSR count). The zero-order valence-corrected chi connectivity index (χ0v) is 16.5. The van der Waals surface area contributed by atoms with Crippen LogP contribution in [0, 0.1) is 11.8 Å². The van der Waals surface area contributed by atoms with Crippen LogP contribution in [0.4, 0.5) is 5.82 Å². The van der Waals surface area contributed by atoms with Crippen LogP contribution in [-0.2, 0) is 6.54 Å². The lowest BCUT2D eigenvalue weighted by atomic mass is 10.2. The molecule has 10 heteroatoms. The van der Waals surface area contributed by atoms with E-state index < -0.39 is 0 Å². The Morgan fingerprint density at radius 3 is 2.83 bits per heavy atom. The van der Waals surface area contributed by atoms with Crippen LogP contribution >= 0.6 is 11.6 Å². The zero-order chi connectivity index (χ0) is 20.2. The van der Waals surface area contributed by atoms with Gasteiger partial charge in [-0.05, 0) is 36.1 Å². The first-order valence-corrected chi connectivity index (χ1v) is 10.0. The predicted molar refractivity (Wildman–Crippen MR) is 108 cm³/mol. The second-order valence-corrected chi connectivity index (χ2v) is 8.13. The van der Waals surface area contributed by atoms with Crippen molar-refractivity contribution in [2.75, 3.05) is 18.0 Å². The van der Waals surface area contributed by atoms with Crippen LogP contribution in [0.1, 0.15) is 17.6 Å². The quantitative estimate of drug-likeness (QED) is 0.493. The van der Waals surface area contributed by atoms with Crippen LogP contribution in [0.15, 0.2) is 52.3 Å². The lowest BCUT2D eigenvalue weighted by Gasteiger charge is -2.20. The summed E-state index contributed by atoms with van der Waals surface area (Å²) in [6.07, 6.45) is 4.80. The minimum atomic E-state index is -0.180. The predicted octanol–water partition coefficient (Wildman–Crippen LogP) is 2.12. The van der Waals surface area contributed by atoms with Crippen molar-refractivity contribution in [2.45, 2.75) is 12.5 Å². The molecule has 0 bridgehead atoms. The van der Waals surface area contributed by atoms with E-state index in [0.29, 0.717) is 39.6 Å². The highest BCUT2D eigenvalue weighted by molar-refractivity contribution is 6.30. The Morgan fingerprint density at radius 2 is 2.00 bits per heavy atom. The number of rotatable bonds is 4. The first-order chi connectivity index (χ1) is 14.7. The molecule has 0 spiro atoms. The second kappa shape index (κ2) is 6.60. The molecule has 0 aromatic carbocycles. The molecule has 2 unspecified atom stereocenters. The minimum Gasteiger partial charge on any atom is -0.356 e. The van der Waals surface area contributed by atoms with Crippen molar-refractivity contribution >= 4 is 28.5 Å². The minimum absolute atomic E-state index is 0.180. The number of aromatic nitrogens is 6. The molecular formula is C20H16ClN7O2. The number of halogens is 1. The van der Waals surface area contributed by atoms with E-state index in [1.54, 1.807) is 30.6 Å². The molecule has 2 fully saturated rings. The van der Waals surface area contributed by atoms with Crippen LogP contribution in [0.2, 0.25) is 5.02 Å². The van der Waals surface area contributed by atoms with E-state index in [1.807, 2.05) is 6.07 Å². The number of anilines is 1. The first kappa shape index (κ1) is 17.5. The maximum Gasteiger partial charge on any atom is 0.263 e. The van der Waals surface area contributed by atoms with Crippen LogP contribution in [0.5, 0.6) is 0 Å². The molecule has 1 saturated heterocycles. The first-order valence-electron chi connectivity index (χ1n) is 9.66. The van der Waals surface area contributed by atoms with E-state index in [2.05, 4.69) is 30.0 Å². The van der Waals surface area contributed by atoms with Crippen LogP contribution in [0.25, 0.3) is 11.0 Å². The molecule has 5 heterocycles. The summed E-state index contributed by atoms with van der Waals surface area (Å²) in [4.78, 5) is 32.1. The summed E-state index contributed by atoms with van der Waals surface area (Å²) in [6, 6.07) is 7.09. The van der Waals surface area contributed by atoms with Gasteiger partial charge in [-0.3, -0.25) is 9.36 Å². The van der Waals surface area contributed by atoms with Crippen molar-refractivity contribution in [3.8, 4) is 0 Å². The standard InChI is InChI=1S/C20H16ClN7O2/c21-11-3-5-22-15(6-11)27-7-13-14(8-27)17(13)19-25-16(30-26-19)9-28-10-24-18-12(20(28)29)2-1-4-23-18/h1-6,10,13-14,17H,7-9H2/t13-,14?,17?/m0/s1. The van der Waals surface area contributed by atoms with Gasteiger partial charge in [-0.2, -0.15) is 4.98 Å². The van der Waals surface area contributed by atoms with Gasteiger partial charge in [0, 0.05) is 36.4 Å². The summed E-state index contributed by atoms with van der Waals surface area (Å²) in [5, 5.41) is 5.32. The number of hydrogen-bond acceptors (Lipinski definition) is 8. The Morgan fingerprint density at radius 1 is 1.13 bits per heavy atom. The summed E-state index contributed by atoms with van der Waals surface area (Å²) in [6.45, 7) is 1.98. The third-order valence-electron chi connectivity index (χ3n) is 5.91. The summed E-state index contributed by atoms with van der Waals surface area (Å²) in [5.74, 6) is 3.26. The lowest BCUT2D eigenvalue weighted by molar-refractivity contribution is 0.363. The van der Waals surface area contributed by atoms with Gasteiger partial charge in [-0.25, -0.2) is 15.0 Å². The molecule has 4 aromatic rings. The van der Waals surface area contributed by atoms with Crippen molar-refractivity contribution in [3.05, 3.63) is 70.1 Å². The maximum atomic E-state index is 12.6. The number of pyridine rings is 2. The van der Waals surface area contributed by atoms with Crippen molar-refractivity contribution in [1.82, 2.24) is 29.7 Å². The van der Waals surface area contributed by atoms with Crippen LogP contribution in [0.3, 0.4) is 0 Å². The molecule has 4 aromatic heterocycles. The molecule has 1 aliphatic heterocycles. The fourth-order valence-corrected chi connectivity index (χ4v) is 4.54. The highest BCUT2D eigenvalue weighted by Gasteiger charge is 2.58. The number of fused-ring (bicyclic) bond motifs is 2. The molecule has 0 radical (unpaired) electrons. The average molecular weight is 422 g/mol. The Hall–Kier alpha value is -3.33. The zero-order valence-electron chi connectivity index (χ0n) is 15.7. The van der Waals surface area contributed by atoms with Crippen molar-refractivity contribution < 1.29 is 4.52 Å². The summed E-state index contributed by atoms with van der Waals surface area (Å²) in [5.41, 5.74) is 0.246. The SMILES string of the molecule is O=c1c2cccnc2ncn1Cc1nc(C2C3CN(c4cc(Cl)ccn4)C[C@@H]32)no1. The highest BCUT2D eigenvalue weighted by Crippen LogP contribution is 2.57. The van der Waals surface area contributed by atoms with Gasteiger partial charge in [0.1, 0.15) is 18.7 Å². The van der Waals surface area contributed by atoms with E-state index in [0.717, 1.165) is 18.9 Å². The topological polar surface area (TPSA) is 103 Å². The molecule has 1 aliphatic carbocycles. The largest absolute Gasteiger partial charge is 0.356 e. The Bertz CT molecular complexity index is 1310. The molecule has 9 nitrogen and oxygen atoms in total. The molecule has 1 saturated carbocycles. The average Bonchev–Trinajstić information content (AvgIpc) is 3.10. The Kier molecular flexibility index (Phi) is 3.85.